The molecule has 0 fully saturated rings. The van der Waals surface area contributed by atoms with E-state index in [1.54, 1.807) is 17.0 Å². The number of nitriles is 1. The van der Waals surface area contributed by atoms with Gasteiger partial charge in [0, 0.05) is 10.1 Å². The van der Waals surface area contributed by atoms with Gasteiger partial charge in [0.25, 0.3) is 0 Å². The van der Waals surface area contributed by atoms with Gasteiger partial charge in [-0.25, -0.2) is 4.79 Å². The van der Waals surface area contributed by atoms with Crippen molar-refractivity contribution in [2.45, 2.75) is 26.4 Å². The molecule has 0 saturated carbocycles. The van der Waals surface area contributed by atoms with E-state index in [4.69, 9.17) is 10.00 Å². The Bertz CT molecular complexity index is 832. The molecule has 4 nitrogen and oxygen atoms in total. The second kappa shape index (κ2) is 7.22. The van der Waals surface area contributed by atoms with Crippen LogP contribution in [-0.2, 0) is 4.74 Å². The van der Waals surface area contributed by atoms with Crippen molar-refractivity contribution < 1.29 is 9.53 Å². The summed E-state index contributed by atoms with van der Waals surface area (Å²) in [7, 11) is 0. The number of amides is 1. The number of rotatable bonds is 3. The lowest BCUT2D eigenvalue weighted by Gasteiger charge is -2.27. The van der Waals surface area contributed by atoms with Gasteiger partial charge in [-0.2, -0.15) is 5.26 Å². The summed E-state index contributed by atoms with van der Waals surface area (Å²) in [5.41, 5.74) is 0.809. The Balaban J connectivity index is 2.51. The molecule has 0 aromatic heterocycles. The summed E-state index contributed by atoms with van der Waals surface area (Å²) >= 11 is 2.22. The first-order valence-electron chi connectivity index (χ1n) is 7.50. The van der Waals surface area contributed by atoms with Crippen molar-refractivity contribution in [3.63, 3.8) is 0 Å². The molecular weight excluding hydrogens is 415 g/mol. The van der Waals surface area contributed by atoms with Gasteiger partial charge >= 0.3 is 6.09 Å². The molecule has 0 aliphatic carbocycles. The topological polar surface area (TPSA) is 53.3 Å². The van der Waals surface area contributed by atoms with Crippen LogP contribution in [0.1, 0.15) is 26.3 Å². The molecule has 124 valence electrons. The van der Waals surface area contributed by atoms with Gasteiger partial charge in [-0.1, -0.05) is 18.2 Å². The molecule has 0 unspecified atom stereocenters. The maximum Gasteiger partial charge on any atom is 0.415 e. The van der Waals surface area contributed by atoms with Crippen molar-refractivity contribution >= 4 is 45.1 Å². The van der Waals surface area contributed by atoms with Gasteiger partial charge in [-0.15, -0.1) is 6.58 Å². The molecule has 0 saturated heterocycles. The number of nitrogens with zero attached hydrogens (tertiary/aromatic N) is 2. The lowest BCUT2D eigenvalue weighted by Crippen LogP contribution is -2.37. The first-order chi connectivity index (χ1) is 11.3. The first-order valence-corrected chi connectivity index (χ1v) is 8.58. The highest BCUT2D eigenvalue weighted by Gasteiger charge is 2.24. The molecular formula is C19H19IN2O2. The van der Waals surface area contributed by atoms with E-state index < -0.39 is 11.7 Å². The molecule has 0 atom stereocenters. The molecule has 2 aromatic carbocycles. The fraction of sp³-hybridized carbons (Fsp3) is 0.263. The average Bonchev–Trinajstić information content (AvgIpc) is 2.51. The number of carbonyl (C=O) groups excluding carboxylic acids is 1. The summed E-state index contributed by atoms with van der Waals surface area (Å²) in [6.07, 6.45) is 1.26. The van der Waals surface area contributed by atoms with E-state index in [-0.39, 0.29) is 0 Å². The Morgan fingerprint density at radius 1 is 1.38 bits per heavy atom. The SMILES string of the molecule is C=CCN(C(=O)OC(C)(C)C)c1ccc2cc(C#N)ccc2c1I. The molecule has 0 aliphatic heterocycles. The molecule has 24 heavy (non-hydrogen) atoms. The van der Waals surface area contributed by atoms with E-state index >= 15 is 0 Å². The van der Waals surface area contributed by atoms with Crippen molar-refractivity contribution in [1.82, 2.24) is 0 Å². The molecule has 0 radical (unpaired) electrons. The Labute approximate surface area is 155 Å². The van der Waals surface area contributed by atoms with Crippen LogP contribution in [0.4, 0.5) is 10.5 Å². The van der Waals surface area contributed by atoms with Gasteiger partial charge in [0.2, 0.25) is 0 Å². The number of carbonyl (C=O) groups is 1. The number of ether oxygens (including phenoxy) is 1. The number of hydrogen-bond donors (Lipinski definition) is 0. The lowest BCUT2D eigenvalue weighted by atomic mass is 10.1. The first kappa shape index (κ1) is 18.3. The predicted octanol–water partition coefficient (Wildman–Crippen LogP) is 5.24. The fourth-order valence-corrected chi connectivity index (χ4v) is 3.24. The summed E-state index contributed by atoms with van der Waals surface area (Å²) in [5.74, 6) is 0. The van der Waals surface area contributed by atoms with Crippen LogP contribution in [-0.4, -0.2) is 18.2 Å². The van der Waals surface area contributed by atoms with Crippen molar-refractivity contribution in [2.24, 2.45) is 0 Å². The number of benzene rings is 2. The van der Waals surface area contributed by atoms with E-state index in [0.717, 1.165) is 20.0 Å². The van der Waals surface area contributed by atoms with Crippen LogP contribution in [0.25, 0.3) is 10.8 Å². The van der Waals surface area contributed by atoms with Crippen LogP contribution in [0.2, 0.25) is 0 Å². The maximum atomic E-state index is 12.5. The van der Waals surface area contributed by atoms with Crippen molar-refractivity contribution in [1.29, 1.82) is 5.26 Å². The third kappa shape index (κ3) is 4.06. The van der Waals surface area contributed by atoms with Crippen LogP contribution in [0.3, 0.4) is 0 Å². The molecule has 0 bridgehead atoms. The van der Waals surface area contributed by atoms with E-state index in [1.165, 1.54) is 0 Å². The number of hydrogen-bond acceptors (Lipinski definition) is 3. The minimum Gasteiger partial charge on any atom is -0.443 e. The number of halogens is 1. The van der Waals surface area contributed by atoms with Crippen molar-refractivity contribution in [2.75, 3.05) is 11.4 Å². The van der Waals surface area contributed by atoms with Crippen LogP contribution in [0.5, 0.6) is 0 Å². The minimum atomic E-state index is -0.569. The summed E-state index contributed by atoms with van der Waals surface area (Å²) < 4.78 is 6.44. The van der Waals surface area contributed by atoms with Crippen molar-refractivity contribution in [3.8, 4) is 6.07 Å². The third-order valence-corrected chi connectivity index (χ3v) is 4.41. The second-order valence-electron chi connectivity index (χ2n) is 6.33. The van der Waals surface area contributed by atoms with E-state index in [0.29, 0.717) is 12.1 Å². The monoisotopic (exact) mass is 434 g/mol. The smallest absolute Gasteiger partial charge is 0.415 e. The fourth-order valence-electron chi connectivity index (χ4n) is 2.28. The zero-order valence-electron chi connectivity index (χ0n) is 14.0. The van der Waals surface area contributed by atoms with Crippen molar-refractivity contribution in [3.05, 3.63) is 52.1 Å². The minimum absolute atomic E-state index is 0.354. The molecule has 0 spiro atoms. The Kier molecular flexibility index (Phi) is 5.50. The number of anilines is 1. The summed E-state index contributed by atoms with van der Waals surface area (Å²) in [6.45, 7) is 9.60. The van der Waals surface area contributed by atoms with Gasteiger partial charge in [0.1, 0.15) is 5.60 Å². The van der Waals surface area contributed by atoms with E-state index in [1.807, 2.05) is 45.0 Å². The summed E-state index contributed by atoms with van der Waals surface area (Å²) in [5, 5.41) is 11.0. The normalized spacial score (nSPS) is 11.0. The van der Waals surface area contributed by atoms with Crippen LogP contribution >= 0.6 is 22.6 Å². The molecule has 0 aliphatic rings. The zero-order valence-corrected chi connectivity index (χ0v) is 16.1. The molecule has 1 amide bonds. The van der Waals surface area contributed by atoms with E-state index in [2.05, 4.69) is 35.2 Å². The second-order valence-corrected chi connectivity index (χ2v) is 7.40. The quantitative estimate of drug-likeness (QED) is 0.490. The van der Waals surface area contributed by atoms with Crippen LogP contribution < -0.4 is 4.90 Å². The molecule has 0 N–H and O–H groups in total. The van der Waals surface area contributed by atoms with Crippen LogP contribution in [0.15, 0.2) is 43.0 Å². The molecule has 2 aromatic rings. The standard InChI is InChI=1S/C19H19IN2O2/c1-5-10-22(18(23)24-19(2,3)4)16-9-7-14-11-13(12-21)6-8-15(14)17(16)20/h5-9,11H,1,10H2,2-4H3. The Hall–Kier alpha value is -2.07. The molecule has 5 heteroatoms. The largest absolute Gasteiger partial charge is 0.443 e. The van der Waals surface area contributed by atoms with Gasteiger partial charge in [0.05, 0.1) is 17.3 Å². The van der Waals surface area contributed by atoms with Gasteiger partial charge < -0.3 is 4.74 Å². The maximum absolute atomic E-state index is 12.5. The highest BCUT2D eigenvalue weighted by atomic mass is 127. The average molecular weight is 434 g/mol. The Morgan fingerprint density at radius 3 is 2.67 bits per heavy atom. The number of fused-ring (bicyclic) bond motifs is 1. The predicted molar refractivity (Wildman–Crippen MR) is 105 cm³/mol. The van der Waals surface area contributed by atoms with Gasteiger partial charge in [0.15, 0.2) is 0 Å². The summed E-state index contributed by atoms with van der Waals surface area (Å²) in [6, 6.07) is 11.4. The van der Waals surface area contributed by atoms with E-state index in [9.17, 15) is 4.79 Å². The van der Waals surface area contributed by atoms with Crippen LogP contribution in [0, 0.1) is 14.9 Å². The zero-order chi connectivity index (χ0) is 17.9. The highest BCUT2D eigenvalue weighted by molar-refractivity contribution is 14.1. The Morgan fingerprint density at radius 2 is 2.08 bits per heavy atom. The highest BCUT2D eigenvalue weighted by Crippen LogP contribution is 2.32. The lowest BCUT2D eigenvalue weighted by molar-refractivity contribution is 0.0584. The third-order valence-electron chi connectivity index (χ3n) is 3.28. The molecule has 2 rings (SSSR count). The summed E-state index contributed by atoms with van der Waals surface area (Å²) in [4.78, 5) is 14.1. The molecule has 0 heterocycles. The van der Waals surface area contributed by atoms with Gasteiger partial charge in [-0.05, 0) is 72.3 Å². The van der Waals surface area contributed by atoms with Gasteiger partial charge in [-0.3, -0.25) is 4.90 Å².